The number of rotatable bonds is 7. The van der Waals surface area contributed by atoms with E-state index in [1.807, 2.05) is 0 Å². The van der Waals surface area contributed by atoms with Crippen LogP contribution in [0.3, 0.4) is 0 Å². The number of hydrogen-bond donors (Lipinski definition) is 1. The lowest BCUT2D eigenvalue weighted by molar-refractivity contribution is 0.164. The number of hydrogen-bond acceptors (Lipinski definition) is 2. The minimum atomic E-state index is 0.601. The van der Waals surface area contributed by atoms with Crippen molar-refractivity contribution in [2.24, 2.45) is 5.92 Å². The Morgan fingerprint density at radius 3 is 2.43 bits per heavy atom. The number of nitrogens with one attached hydrogen (secondary N) is 1. The fraction of sp³-hybridized carbons (Fsp3) is 0.684. The van der Waals surface area contributed by atoms with E-state index in [2.05, 4.69) is 61.3 Å². The summed E-state index contributed by atoms with van der Waals surface area (Å²) in [7, 11) is 0. The predicted octanol–water partition coefficient (Wildman–Crippen LogP) is 3.72. The standard InChI is InChI=1S/C19H32N2/c1-4-21-14-12-19(13-15-21)17(3)20-16(2)10-11-18-8-6-5-7-9-18/h5-9,16-17,19-20H,4,10-15H2,1-3H3. The number of piperidine rings is 1. The Bertz CT molecular complexity index is 382. The average Bonchev–Trinajstić information content (AvgIpc) is 2.54. The second kappa shape index (κ2) is 8.55. The highest BCUT2D eigenvalue weighted by atomic mass is 15.1. The van der Waals surface area contributed by atoms with Crippen LogP contribution in [0.2, 0.25) is 0 Å². The molecule has 0 radical (unpaired) electrons. The zero-order valence-corrected chi connectivity index (χ0v) is 14.0. The molecule has 2 atom stereocenters. The Morgan fingerprint density at radius 2 is 1.81 bits per heavy atom. The van der Waals surface area contributed by atoms with Crippen molar-refractivity contribution in [2.45, 2.75) is 58.5 Å². The normalized spacial score (nSPS) is 20.3. The molecule has 0 aliphatic carbocycles. The highest BCUT2D eigenvalue weighted by Gasteiger charge is 2.23. The first-order valence-corrected chi connectivity index (χ1v) is 8.71. The average molecular weight is 288 g/mol. The maximum absolute atomic E-state index is 3.83. The summed E-state index contributed by atoms with van der Waals surface area (Å²) >= 11 is 0. The van der Waals surface area contributed by atoms with Crippen molar-refractivity contribution in [3.05, 3.63) is 35.9 Å². The van der Waals surface area contributed by atoms with Crippen molar-refractivity contribution in [3.8, 4) is 0 Å². The van der Waals surface area contributed by atoms with Gasteiger partial charge in [-0.1, -0.05) is 37.3 Å². The Hall–Kier alpha value is -0.860. The summed E-state index contributed by atoms with van der Waals surface area (Å²) in [6, 6.07) is 12.1. The van der Waals surface area contributed by atoms with Gasteiger partial charge in [0.05, 0.1) is 0 Å². The topological polar surface area (TPSA) is 15.3 Å². The van der Waals surface area contributed by atoms with Gasteiger partial charge in [-0.3, -0.25) is 0 Å². The molecule has 0 saturated carbocycles. The maximum atomic E-state index is 3.83. The zero-order valence-electron chi connectivity index (χ0n) is 14.0. The smallest absolute Gasteiger partial charge is 0.00704 e. The first-order chi connectivity index (χ1) is 10.2. The molecule has 1 aliphatic rings. The lowest BCUT2D eigenvalue weighted by Crippen LogP contribution is -2.44. The monoisotopic (exact) mass is 288 g/mol. The van der Waals surface area contributed by atoms with Crippen molar-refractivity contribution in [1.82, 2.24) is 10.2 Å². The van der Waals surface area contributed by atoms with Crippen molar-refractivity contribution < 1.29 is 0 Å². The van der Waals surface area contributed by atoms with Crippen LogP contribution in [0.5, 0.6) is 0 Å². The van der Waals surface area contributed by atoms with Gasteiger partial charge in [0.25, 0.3) is 0 Å². The molecule has 118 valence electrons. The second-order valence-electron chi connectivity index (χ2n) is 6.65. The summed E-state index contributed by atoms with van der Waals surface area (Å²) in [5.41, 5.74) is 1.45. The molecule has 2 unspecified atom stereocenters. The molecule has 1 saturated heterocycles. The number of aryl methyl sites for hydroxylation is 1. The van der Waals surface area contributed by atoms with E-state index in [0.29, 0.717) is 12.1 Å². The third-order valence-electron chi connectivity index (χ3n) is 5.04. The molecule has 0 amide bonds. The summed E-state index contributed by atoms with van der Waals surface area (Å²) in [5, 5.41) is 3.83. The van der Waals surface area contributed by atoms with E-state index in [1.54, 1.807) is 0 Å². The second-order valence-corrected chi connectivity index (χ2v) is 6.65. The Labute approximate surface area is 130 Å². The molecular formula is C19H32N2. The largest absolute Gasteiger partial charge is 0.311 e. The number of benzene rings is 1. The van der Waals surface area contributed by atoms with Crippen LogP contribution < -0.4 is 5.32 Å². The molecule has 21 heavy (non-hydrogen) atoms. The molecule has 0 aromatic heterocycles. The lowest BCUT2D eigenvalue weighted by atomic mass is 9.89. The van der Waals surface area contributed by atoms with Crippen LogP contribution in [0.4, 0.5) is 0 Å². The molecule has 2 heteroatoms. The highest BCUT2D eigenvalue weighted by molar-refractivity contribution is 5.14. The summed E-state index contributed by atoms with van der Waals surface area (Å²) in [6.07, 6.45) is 5.11. The van der Waals surface area contributed by atoms with Gasteiger partial charge in [0.15, 0.2) is 0 Å². The Morgan fingerprint density at radius 1 is 1.14 bits per heavy atom. The molecule has 0 spiro atoms. The van der Waals surface area contributed by atoms with E-state index in [9.17, 15) is 0 Å². The van der Waals surface area contributed by atoms with Crippen LogP contribution in [0, 0.1) is 5.92 Å². The molecule has 2 rings (SSSR count). The van der Waals surface area contributed by atoms with Gasteiger partial charge in [-0.15, -0.1) is 0 Å². The van der Waals surface area contributed by atoms with Gasteiger partial charge in [0.1, 0.15) is 0 Å². The quantitative estimate of drug-likeness (QED) is 0.822. The maximum Gasteiger partial charge on any atom is 0.00704 e. The van der Waals surface area contributed by atoms with Crippen LogP contribution in [0.15, 0.2) is 30.3 Å². The van der Waals surface area contributed by atoms with E-state index in [0.717, 1.165) is 5.92 Å². The molecule has 1 N–H and O–H groups in total. The molecule has 1 aromatic rings. The summed E-state index contributed by atoms with van der Waals surface area (Å²) in [6.45, 7) is 10.8. The fourth-order valence-electron chi connectivity index (χ4n) is 3.47. The first-order valence-electron chi connectivity index (χ1n) is 8.71. The molecule has 1 heterocycles. The van der Waals surface area contributed by atoms with E-state index in [-0.39, 0.29) is 0 Å². The van der Waals surface area contributed by atoms with Crippen LogP contribution in [0.1, 0.15) is 45.6 Å². The van der Waals surface area contributed by atoms with E-state index >= 15 is 0 Å². The Balaban J connectivity index is 1.68. The van der Waals surface area contributed by atoms with Gasteiger partial charge < -0.3 is 10.2 Å². The van der Waals surface area contributed by atoms with Gasteiger partial charge in [-0.2, -0.15) is 0 Å². The van der Waals surface area contributed by atoms with E-state index in [1.165, 1.54) is 50.9 Å². The molecule has 1 aromatic carbocycles. The summed E-state index contributed by atoms with van der Waals surface area (Å²) in [5.74, 6) is 0.854. The zero-order chi connectivity index (χ0) is 15.1. The van der Waals surface area contributed by atoms with Gasteiger partial charge in [-0.05, 0) is 70.6 Å². The minimum Gasteiger partial charge on any atom is -0.311 e. The molecule has 1 aliphatic heterocycles. The van der Waals surface area contributed by atoms with E-state index in [4.69, 9.17) is 0 Å². The van der Waals surface area contributed by atoms with Crippen molar-refractivity contribution in [1.29, 1.82) is 0 Å². The third-order valence-corrected chi connectivity index (χ3v) is 5.04. The van der Waals surface area contributed by atoms with Crippen LogP contribution in [-0.2, 0) is 6.42 Å². The van der Waals surface area contributed by atoms with Gasteiger partial charge in [-0.25, -0.2) is 0 Å². The molecule has 1 fully saturated rings. The van der Waals surface area contributed by atoms with Crippen LogP contribution in [-0.4, -0.2) is 36.6 Å². The lowest BCUT2D eigenvalue weighted by Gasteiger charge is -2.35. The molecular weight excluding hydrogens is 256 g/mol. The van der Waals surface area contributed by atoms with Crippen molar-refractivity contribution in [3.63, 3.8) is 0 Å². The van der Waals surface area contributed by atoms with Crippen molar-refractivity contribution in [2.75, 3.05) is 19.6 Å². The van der Waals surface area contributed by atoms with E-state index < -0.39 is 0 Å². The molecule has 0 bridgehead atoms. The minimum absolute atomic E-state index is 0.601. The first kappa shape index (κ1) is 16.5. The third kappa shape index (κ3) is 5.44. The van der Waals surface area contributed by atoms with Crippen molar-refractivity contribution >= 4 is 0 Å². The SMILES string of the molecule is CCN1CCC(C(C)NC(C)CCc2ccccc2)CC1. The van der Waals surface area contributed by atoms with Crippen LogP contribution in [0.25, 0.3) is 0 Å². The highest BCUT2D eigenvalue weighted by Crippen LogP contribution is 2.21. The summed E-state index contributed by atoms with van der Waals surface area (Å²) in [4.78, 5) is 2.57. The Kier molecular flexibility index (Phi) is 6.72. The van der Waals surface area contributed by atoms with Gasteiger partial charge in [0.2, 0.25) is 0 Å². The number of likely N-dealkylation sites (tertiary alicyclic amines) is 1. The van der Waals surface area contributed by atoms with Gasteiger partial charge in [0, 0.05) is 12.1 Å². The molecule has 2 nitrogen and oxygen atoms in total. The van der Waals surface area contributed by atoms with Gasteiger partial charge >= 0.3 is 0 Å². The summed E-state index contributed by atoms with van der Waals surface area (Å²) < 4.78 is 0. The number of nitrogens with zero attached hydrogens (tertiary/aromatic N) is 1. The fourth-order valence-corrected chi connectivity index (χ4v) is 3.47. The predicted molar refractivity (Wildman–Crippen MR) is 91.7 cm³/mol. The van der Waals surface area contributed by atoms with Crippen LogP contribution >= 0.6 is 0 Å².